The van der Waals surface area contributed by atoms with Crippen LogP contribution in [-0.2, 0) is 11.3 Å². The van der Waals surface area contributed by atoms with E-state index in [1.807, 2.05) is 21.6 Å². The third-order valence-electron chi connectivity index (χ3n) is 4.66. The zero-order valence-electron chi connectivity index (χ0n) is 15.0. The standard InChI is InChI=1S/C19H21N5OS2/c1-2-9-24-13-20-22-19(24)26-12-17(25)23-10-5-6-14(11-23)18-21-15-7-3-4-8-16(15)27-18/h2-4,7-8,13-14H,1,5-6,9-12H2/t14-/m1/s1. The van der Waals surface area contributed by atoms with Crippen LogP contribution in [0.25, 0.3) is 10.2 Å². The Balaban J connectivity index is 1.39. The number of para-hydroxylation sites is 1. The minimum Gasteiger partial charge on any atom is -0.341 e. The Hall–Kier alpha value is -2.19. The second kappa shape index (κ2) is 8.22. The number of nitrogens with zero attached hydrogens (tertiary/aromatic N) is 5. The van der Waals surface area contributed by atoms with Crippen molar-refractivity contribution >= 4 is 39.2 Å². The minimum absolute atomic E-state index is 0.152. The summed E-state index contributed by atoms with van der Waals surface area (Å²) in [5.41, 5.74) is 1.05. The molecule has 0 aliphatic carbocycles. The van der Waals surface area contributed by atoms with Crippen LogP contribution >= 0.6 is 23.1 Å². The molecule has 1 amide bonds. The molecule has 0 unspecified atom stereocenters. The highest BCUT2D eigenvalue weighted by Gasteiger charge is 2.27. The monoisotopic (exact) mass is 399 g/mol. The van der Waals surface area contributed by atoms with Gasteiger partial charge in [-0.25, -0.2) is 4.98 Å². The molecule has 140 valence electrons. The molecule has 4 rings (SSSR count). The van der Waals surface area contributed by atoms with Gasteiger partial charge in [-0.2, -0.15) is 0 Å². The molecule has 3 heterocycles. The lowest BCUT2D eigenvalue weighted by molar-refractivity contribution is -0.129. The van der Waals surface area contributed by atoms with Gasteiger partial charge in [-0.1, -0.05) is 30.0 Å². The number of likely N-dealkylation sites (tertiary alicyclic amines) is 1. The van der Waals surface area contributed by atoms with Gasteiger partial charge >= 0.3 is 0 Å². The van der Waals surface area contributed by atoms with Crippen LogP contribution in [0.3, 0.4) is 0 Å². The van der Waals surface area contributed by atoms with Gasteiger partial charge < -0.3 is 9.47 Å². The van der Waals surface area contributed by atoms with Crippen molar-refractivity contribution in [1.82, 2.24) is 24.6 Å². The smallest absolute Gasteiger partial charge is 0.233 e. The average molecular weight is 400 g/mol. The minimum atomic E-state index is 0.152. The molecule has 3 aromatic rings. The number of carbonyl (C=O) groups excluding carboxylic acids is 1. The summed E-state index contributed by atoms with van der Waals surface area (Å²) in [7, 11) is 0. The van der Waals surface area contributed by atoms with E-state index in [0.717, 1.165) is 41.6 Å². The van der Waals surface area contributed by atoms with Crippen LogP contribution in [0.15, 0.2) is 48.4 Å². The third-order valence-corrected chi connectivity index (χ3v) is 6.83. The first-order valence-corrected chi connectivity index (χ1v) is 10.8. The van der Waals surface area contributed by atoms with Crippen molar-refractivity contribution in [2.45, 2.75) is 30.5 Å². The molecule has 1 atom stereocenters. The number of hydrogen-bond donors (Lipinski definition) is 0. The van der Waals surface area contributed by atoms with Gasteiger partial charge in [0.15, 0.2) is 5.16 Å². The fourth-order valence-corrected chi connectivity index (χ4v) is 5.23. The Morgan fingerprint density at radius 1 is 1.41 bits per heavy atom. The summed E-state index contributed by atoms with van der Waals surface area (Å²) in [6, 6.07) is 8.23. The Morgan fingerprint density at radius 2 is 2.30 bits per heavy atom. The Bertz CT molecular complexity index is 917. The molecule has 0 radical (unpaired) electrons. The summed E-state index contributed by atoms with van der Waals surface area (Å²) >= 11 is 3.18. The first-order chi connectivity index (χ1) is 13.2. The summed E-state index contributed by atoms with van der Waals surface area (Å²) in [4.78, 5) is 19.5. The van der Waals surface area contributed by atoms with E-state index in [2.05, 4.69) is 28.9 Å². The molecular weight excluding hydrogens is 378 g/mol. The van der Waals surface area contributed by atoms with Crippen LogP contribution in [0.5, 0.6) is 0 Å². The average Bonchev–Trinajstić information content (AvgIpc) is 3.33. The SMILES string of the molecule is C=CCn1cnnc1SCC(=O)N1CCC[C@@H](c2nc3ccccc3s2)C1. The maximum absolute atomic E-state index is 12.7. The molecular formula is C19H21N5OS2. The van der Waals surface area contributed by atoms with Crippen LogP contribution in [-0.4, -0.2) is 49.4 Å². The first kappa shape index (κ1) is 18.2. The maximum atomic E-state index is 12.7. The predicted molar refractivity (Wildman–Crippen MR) is 109 cm³/mol. The fourth-order valence-electron chi connectivity index (χ4n) is 3.31. The highest BCUT2D eigenvalue weighted by molar-refractivity contribution is 7.99. The number of rotatable bonds is 6. The second-order valence-corrected chi connectivity index (χ2v) is 8.55. The molecule has 8 heteroatoms. The van der Waals surface area contributed by atoms with Gasteiger partial charge in [0.2, 0.25) is 5.91 Å². The summed E-state index contributed by atoms with van der Waals surface area (Å²) in [6.45, 7) is 5.95. The molecule has 0 bridgehead atoms. The normalized spacial score (nSPS) is 17.3. The van der Waals surface area contributed by atoms with Crippen molar-refractivity contribution in [1.29, 1.82) is 0 Å². The van der Waals surface area contributed by atoms with Crippen molar-refractivity contribution in [2.75, 3.05) is 18.8 Å². The lowest BCUT2D eigenvalue weighted by Gasteiger charge is -2.31. The number of benzene rings is 1. The van der Waals surface area contributed by atoms with Crippen LogP contribution in [0.4, 0.5) is 0 Å². The van der Waals surface area contributed by atoms with Crippen molar-refractivity contribution in [3.05, 3.63) is 48.3 Å². The van der Waals surface area contributed by atoms with E-state index in [0.29, 0.717) is 18.2 Å². The number of thioether (sulfide) groups is 1. The second-order valence-electron chi connectivity index (χ2n) is 6.54. The molecule has 27 heavy (non-hydrogen) atoms. The van der Waals surface area contributed by atoms with Crippen molar-refractivity contribution in [3.63, 3.8) is 0 Å². The lowest BCUT2D eigenvalue weighted by Crippen LogP contribution is -2.40. The van der Waals surface area contributed by atoms with E-state index in [-0.39, 0.29) is 5.91 Å². The quantitative estimate of drug-likeness (QED) is 0.468. The number of allylic oxidation sites excluding steroid dienone is 1. The largest absolute Gasteiger partial charge is 0.341 e. The summed E-state index contributed by atoms with van der Waals surface area (Å²) in [5, 5.41) is 9.90. The van der Waals surface area contributed by atoms with E-state index in [4.69, 9.17) is 4.98 Å². The number of piperidine rings is 1. The van der Waals surface area contributed by atoms with Gasteiger partial charge in [-0.15, -0.1) is 28.1 Å². The molecule has 2 aromatic heterocycles. The molecule has 6 nitrogen and oxygen atoms in total. The van der Waals surface area contributed by atoms with E-state index in [1.54, 1.807) is 23.7 Å². The Labute approximate surface area is 166 Å². The number of aromatic nitrogens is 4. The summed E-state index contributed by atoms with van der Waals surface area (Å²) in [6.07, 6.45) is 5.56. The van der Waals surface area contributed by atoms with Gasteiger partial charge in [0.05, 0.1) is 21.0 Å². The van der Waals surface area contributed by atoms with Crippen LogP contribution < -0.4 is 0 Å². The van der Waals surface area contributed by atoms with Crippen molar-refractivity contribution < 1.29 is 4.79 Å². The molecule has 0 N–H and O–H groups in total. The zero-order valence-corrected chi connectivity index (χ0v) is 16.6. The number of carbonyl (C=O) groups is 1. The first-order valence-electron chi connectivity index (χ1n) is 8.99. The highest BCUT2D eigenvalue weighted by Crippen LogP contribution is 2.33. The lowest BCUT2D eigenvalue weighted by atomic mass is 9.99. The van der Waals surface area contributed by atoms with E-state index < -0.39 is 0 Å². The van der Waals surface area contributed by atoms with Gasteiger partial charge in [-0.3, -0.25) is 4.79 Å². The molecule has 1 saturated heterocycles. The van der Waals surface area contributed by atoms with Crippen LogP contribution in [0, 0.1) is 0 Å². The Morgan fingerprint density at radius 3 is 3.15 bits per heavy atom. The van der Waals surface area contributed by atoms with Crippen LogP contribution in [0.1, 0.15) is 23.8 Å². The summed E-state index contributed by atoms with van der Waals surface area (Å²) < 4.78 is 3.11. The highest BCUT2D eigenvalue weighted by atomic mass is 32.2. The molecule has 1 aliphatic rings. The van der Waals surface area contributed by atoms with Gasteiger partial charge in [0, 0.05) is 25.6 Å². The number of hydrogen-bond acceptors (Lipinski definition) is 6. The van der Waals surface area contributed by atoms with Crippen molar-refractivity contribution in [2.24, 2.45) is 0 Å². The zero-order chi connectivity index (χ0) is 18.6. The molecule has 1 fully saturated rings. The number of fused-ring (bicyclic) bond motifs is 1. The number of thiazole rings is 1. The molecule has 1 aromatic carbocycles. The predicted octanol–water partition coefficient (Wildman–Crippen LogP) is 3.57. The van der Waals surface area contributed by atoms with E-state index >= 15 is 0 Å². The molecule has 1 aliphatic heterocycles. The topological polar surface area (TPSA) is 63.9 Å². The van der Waals surface area contributed by atoms with Gasteiger partial charge in [-0.05, 0) is 25.0 Å². The third kappa shape index (κ3) is 4.06. The maximum Gasteiger partial charge on any atom is 0.233 e. The Kier molecular flexibility index (Phi) is 5.54. The summed E-state index contributed by atoms with van der Waals surface area (Å²) in [5.74, 6) is 0.857. The fraction of sp³-hybridized carbons (Fsp3) is 0.368. The van der Waals surface area contributed by atoms with Gasteiger partial charge in [0.25, 0.3) is 0 Å². The van der Waals surface area contributed by atoms with E-state index in [1.165, 1.54) is 16.5 Å². The van der Waals surface area contributed by atoms with Gasteiger partial charge in [0.1, 0.15) is 6.33 Å². The molecule has 0 saturated carbocycles. The van der Waals surface area contributed by atoms with Crippen LogP contribution in [0.2, 0.25) is 0 Å². The number of amides is 1. The van der Waals surface area contributed by atoms with Crippen molar-refractivity contribution in [3.8, 4) is 0 Å². The molecule has 0 spiro atoms. The van der Waals surface area contributed by atoms with E-state index in [9.17, 15) is 4.79 Å².